The second-order valence-corrected chi connectivity index (χ2v) is 4.57. The van der Waals surface area contributed by atoms with Gasteiger partial charge in [-0.15, -0.1) is 0 Å². The van der Waals surface area contributed by atoms with Crippen molar-refractivity contribution in [1.29, 1.82) is 0 Å². The Labute approximate surface area is 85.7 Å². The number of rotatable bonds is 2. The molecule has 3 heteroatoms. The minimum atomic E-state index is 0.882. The first kappa shape index (κ1) is 9.71. The molecule has 1 aromatic heterocycles. The number of hydrogen-bond acceptors (Lipinski definition) is 2. The van der Waals surface area contributed by atoms with E-state index in [0.29, 0.717) is 0 Å². The lowest BCUT2D eigenvalue weighted by atomic mass is 10.0. The summed E-state index contributed by atoms with van der Waals surface area (Å²) in [6, 6.07) is 0. The van der Waals surface area contributed by atoms with E-state index in [2.05, 4.69) is 30.8 Å². The Balaban J connectivity index is 2.09. The van der Waals surface area contributed by atoms with Gasteiger partial charge in [0, 0.05) is 37.9 Å². The maximum Gasteiger partial charge on any atom is 0.0641 e. The first-order valence-corrected chi connectivity index (χ1v) is 5.29. The first-order valence-electron chi connectivity index (χ1n) is 5.29. The van der Waals surface area contributed by atoms with Crippen molar-refractivity contribution in [2.75, 3.05) is 13.1 Å². The monoisotopic (exact) mass is 193 g/mol. The van der Waals surface area contributed by atoms with Crippen LogP contribution in [0, 0.1) is 19.8 Å². The lowest BCUT2D eigenvalue weighted by molar-refractivity contribution is 0.104. The molecular formula is C11H19N3. The SMILES string of the molecule is Cc1nn(C)c(C)c1CN1CC(C)C1. The number of aryl methyl sites for hydroxylation is 2. The minimum absolute atomic E-state index is 0.882. The lowest BCUT2D eigenvalue weighted by Crippen LogP contribution is -2.44. The van der Waals surface area contributed by atoms with E-state index in [1.54, 1.807) is 0 Å². The summed E-state index contributed by atoms with van der Waals surface area (Å²) >= 11 is 0. The van der Waals surface area contributed by atoms with E-state index < -0.39 is 0 Å². The van der Waals surface area contributed by atoms with Gasteiger partial charge in [0.15, 0.2) is 0 Å². The third kappa shape index (κ3) is 1.57. The molecule has 0 spiro atoms. The van der Waals surface area contributed by atoms with Crippen LogP contribution in [0.5, 0.6) is 0 Å². The van der Waals surface area contributed by atoms with Crippen LogP contribution in [-0.4, -0.2) is 27.8 Å². The molecule has 0 bridgehead atoms. The van der Waals surface area contributed by atoms with Gasteiger partial charge in [-0.25, -0.2) is 0 Å². The molecule has 1 aromatic rings. The smallest absolute Gasteiger partial charge is 0.0641 e. The zero-order chi connectivity index (χ0) is 10.3. The molecule has 2 heterocycles. The second-order valence-electron chi connectivity index (χ2n) is 4.57. The number of hydrogen-bond donors (Lipinski definition) is 0. The molecule has 3 nitrogen and oxygen atoms in total. The molecular weight excluding hydrogens is 174 g/mol. The van der Waals surface area contributed by atoms with Gasteiger partial charge in [0.1, 0.15) is 0 Å². The van der Waals surface area contributed by atoms with Crippen LogP contribution in [0.4, 0.5) is 0 Å². The van der Waals surface area contributed by atoms with E-state index in [-0.39, 0.29) is 0 Å². The van der Waals surface area contributed by atoms with E-state index >= 15 is 0 Å². The van der Waals surface area contributed by atoms with Crippen molar-refractivity contribution in [1.82, 2.24) is 14.7 Å². The summed E-state index contributed by atoms with van der Waals surface area (Å²) in [6.07, 6.45) is 0. The summed E-state index contributed by atoms with van der Waals surface area (Å²) < 4.78 is 1.98. The third-order valence-corrected chi connectivity index (χ3v) is 3.18. The Morgan fingerprint density at radius 1 is 1.36 bits per heavy atom. The van der Waals surface area contributed by atoms with Crippen molar-refractivity contribution in [2.45, 2.75) is 27.3 Å². The van der Waals surface area contributed by atoms with Gasteiger partial charge in [0.25, 0.3) is 0 Å². The van der Waals surface area contributed by atoms with Crippen LogP contribution in [-0.2, 0) is 13.6 Å². The minimum Gasteiger partial charge on any atom is -0.298 e. The molecule has 14 heavy (non-hydrogen) atoms. The van der Waals surface area contributed by atoms with Crippen LogP contribution < -0.4 is 0 Å². The van der Waals surface area contributed by atoms with Gasteiger partial charge in [-0.3, -0.25) is 9.58 Å². The van der Waals surface area contributed by atoms with Crippen LogP contribution in [0.15, 0.2) is 0 Å². The Bertz CT molecular complexity index is 335. The highest BCUT2D eigenvalue weighted by Crippen LogP contribution is 2.21. The van der Waals surface area contributed by atoms with Crippen molar-refractivity contribution in [2.24, 2.45) is 13.0 Å². The van der Waals surface area contributed by atoms with E-state index in [1.807, 2.05) is 11.7 Å². The van der Waals surface area contributed by atoms with Crippen molar-refractivity contribution in [3.8, 4) is 0 Å². The molecule has 1 fully saturated rings. The molecule has 0 amide bonds. The predicted molar refractivity (Wildman–Crippen MR) is 57.1 cm³/mol. The molecule has 0 unspecified atom stereocenters. The highest BCUT2D eigenvalue weighted by molar-refractivity contribution is 5.24. The standard InChI is InChI=1S/C11H19N3/c1-8-5-14(6-8)7-11-9(2)12-13(4)10(11)3/h8H,5-7H2,1-4H3. The van der Waals surface area contributed by atoms with E-state index in [9.17, 15) is 0 Å². The van der Waals surface area contributed by atoms with Crippen LogP contribution >= 0.6 is 0 Å². The summed E-state index contributed by atoms with van der Waals surface area (Å²) in [5, 5.41) is 4.43. The average molecular weight is 193 g/mol. The zero-order valence-corrected chi connectivity index (χ0v) is 9.54. The molecule has 0 radical (unpaired) electrons. The molecule has 1 saturated heterocycles. The number of aromatic nitrogens is 2. The fraction of sp³-hybridized carbons (Fsp3) is 0.727. The van der Waals surface area contributed by atoms with Crippen LogP contribution in [0.2, 0.25) is 0 Å². The van der Waals surface area contributed by atoms with Gasteiger partial charge in [-0.1, -0.05) is 6.92 Å². The molecule has 1 aliphatic rings. The Morgan fingerprint density at radius 3 is 2.43 bits per heavy atom. The van der Waals surface area contributed by atoms with E-state index in [4.69, 9.17) is 0 Å². The summed E-state index contributed by atoms with van der Waals surface area (Å²) in [5.74, 6) is 0.882. The Hall–Kier alpha value is -0.830. The maximum atomic E-state index is 4.43. The van der Waals surface area contributed by atoms with E-state index in [0.717, 1.165) is 12.5 Å². The first-order chi connectivity index (χ1) is 6.58. The molecule has 0 atom stereocenters. The summed E-state index contributed by atoms with van der Waals surface area (Å²) in [6.45, 7) is 10.1. The van der Waals surface area contributed by atoms with Gasteiger partial charge in [0.2, 0.25) is 0 Å². The lowest BCUT2D eigenvalue weighted by Gasteiger charge is -2.37. The van der Waals surface area contributed by atoms with Crippen LogP contribution in [0.25, 0.3) is 0 Å². The van der Waals surface area contributed by atoms with Gasteiger partial charge >= 0.3 is 0 Å². The number of likely N-dealkylation sites (tertiary alicyclic amines) is 1. The maximum absolute atomic E-state index is 4.43. The molecule has 0 aliphatic carbocycles. The highest BCUT2D eigenvalue weighted by atomic mass is 15.3. The molecule has 0 N–H and O–H groups in total. The third-order valence-electron chi connectivity index (χ3n) is 3.18. The van der Waals surface area contributed by atoms with Crippen molar-refractivity contribution >= 4 is 0 Å². The normalized spacial score (nSPS) is 18.6. The average Bonchev–Trinajstić information content (AvgIpc) is 2.29. The largest absolute Gasteiger partial charge is 0.298 e. The fourth-order valence-corrected chi connectivity index (χ4v) is 2.23. The van der Waals surface area contributed by atoms with Crippen LogP contribution in [0.3, 0.4) is 0 Å². The van der Waals surface area contributed by atoms with Crippen molar-refractivity contribution < 1.29 is 0 Å². The Kier molecular flexibility index (Phi) is 2.35. The van der Waals surface area contributed by atoms with Crippen molar-refractivity contribution in [3.05, 3.63) is 17.0 Å². The fourth-order valence-electron chi connectivity index (χ4n) is 2.23. The summed E-state index contributed by atoms with van der Waals surface area (Å²) in [7, 11) is 2.02. The van der Waals surface area contributed by atoms with E-state index in [1.165, 1.54) is 30.0 Å². The summed E-state index contributed by atoms with van der Waals surface area (Å²) in [4.78, 5) is 2.49. The Morgan fingerprint density at radius 2 is 2.00 bits per heavy atom. The van der Waals surface area contributed by atoms with Crippen molar-refractivity contribution in [3.63, 3.8) is 0 Å². The zero-order valence-electron chi connectivity index (χ0n) is 9.54. The molecule has 0 saturated carbocycles. The highest BCUT2D eigenvalue weighted by Gasteiger charge is 2.24. The molecule has 1 aliphatic heterocycles. The van der Waals surface area contributed by atoms with Gasteiger partial charge in [-0.2, -0.15) is 5.10 Å². The van der Waals surface area contributed by atoms with Gasteiger partial charge < -0.3 is 0 Å². The molecule has 0 aromatic carbocycles. The topological polar surface area (TPSA) is 21.1 Å². The molecule has 2 rings (SSSR count). The molecule has 78 valence electrons. The van der Waals surface area contributed by atoms with Gasteiger partial charge in [0.05, 0.1) is 5.69 Å². The summed E-state index contributed by atoms with van der Waals surface area (Å²) in [5.41, 5.74) is 3.91. The van der Waals surface area contributed by atoms with Crippen LogP contribution in [0.1, 0.15) is 23.9 Å². The second kappa shape index (κ2) is 3.39. The quantitative estimate of drug-likeness (QED) is 0.709. The number of nitrogens with zero attached hydrogens (tertiary/aromatic N) is 3. The van der Waals surface area contributed by atoms with Gasteiger partial charge in [-0.05, 0) is 19.8 Å². The predicted octanol–water partition coefficient (Wildman–Crippen LogP) is 1.49.